The molecule has 2 rings (SSSR count). The Balaban J connectivity index is 1.85. The molecule has 0 saturated carbocycles. The fraction of sp³-hybridized carbons (Fsp3) is 0.500. The number of halogens is 1. The Labute approximate surface area is 122 Å². The summed E-state index contributed by atoms with van der Waals surface area (Å²) in [6.45, 7) is 2.44. The van der Waals surface area contributed by atoms with Crippen molar-refractivity contribution >= 4 is 27.5 Å². The molecule has 19 heavy (non-hydrogen) atoms. The molecule has 1 aromatic carbocycles. The first kappa shape index (κ1) is 14.5. The Hall–Kier alpha value is -0.910. The number of hydrogen-bond acceptors (Lipinski definition) is 3. The van der Waals surface area contributed by atoms with Gasteiger partial charge >= 0.3 is 0 Å². The van der Waals surface area contributed by atoms with Crippen LogP contribution in [0.4, 0.5) is 5.69 Å². The van der Waals surface area contributed by atoms with Gasteiger partial charge in [-0.1, -0.05) is 15.9 Å². The highest BCUT2D eigenvalue weighted by atomic mass is 79.9. The summed E-state index contributed by atoms with van der Waals surface area (Å²) in [5, 5.41) is 6.13. The Morgan fingerprint density at radius 3 is 2.84 bits per heavy atom. The van der Waals surface area contributed by atoms with Gasteiger partial charge in [-0.15, -0.1) is 0 Å². The Morgan fingerprint density at radius 1 is 1.42 bits per heavy atom. The molecule has 1 unspecified atom stereocenters. The monoisotopic (exact) mass is 325 g/mol. The van der Waals surface area contributed by atoms with Crippen LogP contribution in [0.1, 0.15) is 12.8 Å². The third kappa shape index (κ3) is 4.30. The minimum Gasteiger partial charge on any atom is -0.325 e. The van der Waals surface area contributed by atoms with Crippen molar-refractivity contribution in [3.63, 3.8) is 0 Å². The molecule has 0 bridgehead atoms. The Bertz CT molecular complexity index is 421. The first-order valence-electron chi connectivity index (χ1n) is 6.63. The summed E-state index contributed by atoms with van der Waals surface area (Å²) >= 11 is 3.38. The maximum absolute atomic E-state index is 12.0. The lowest BCUT2D eigenvalue weighted by atomic mass is 10.2. The summed E-state index contributed by atoms with van der Waals surface area (Å²) in [6.07, 6.45) is 2.35. The lowest BCUT2D eigenvalue weighted by Gasteiger charge is -2.23. The molecular formula is C14H20BrN3O. The number of carbonyl (C=O) groups excluding carboxylic acids is 1. The number of hydrogen-bond donors (Lipinski definition) is 2. The second kappa shape index (κ2) is 7.03. The van der Waals surface area contributed by atoms with Crippen LogP contribution in [0.15, 0.2) is 28.7 Å². The molecule has 0 radical (unpaired) electrons. The Morgan fingerprint density at radius 2 is 2.16 bits per heavy atom. The summed E-state index contributed by atoms with van der Waals surface area (Å²) in [6, 6.07) is 8.14. The van der Waals surface area contributed by atoms with Gasteiger partial charge < -0.3 is 10.6 Å². The van der Waals surface area contributed by atoms with Crippen molar-refractivity contribution in [3.05, 3.63) is 28.7 Å². The zero-order valence-corrected chi connectivity index (χ0v) is 12.7. The van der Waals surface area contributed by atoms with E-state index in [0.29, 0.717) is 12.6 Å². The third-order valence-electron chi connectivity index (χ3n) is 3.41. The number of nitrogens with zero attached hydrogens (tertiary/aromatic N) is 1. The molecule has 4 nitrogen and oxygen atoms in total. The van der Waals surface area contributed by atoms with Crippen molar-refractivity contribution in [2.75, 3.05) is 32.0 Å². The van der Waals surface area contributed by atoms with Crippen LogP contribution < -0.4 is 10.6 Å². The lowest BCUT2D eigenvalue weighted by Crippen LogP contribution is -2.41. The normalized spacial score (nSPS) is 19.6. The van der Waals surface area contributed by atoms with E-state index in [4.69, 9.17) is 0 Å². The molecule has 104 valence electrons. The maximum Gasteiger partial charge on any atom is 0.238 e. The number of anilines is 1. The van der Waals surface area contributed by atoms with Crippen molar-refractivity contribution in [1.82, 2.24) is 10.2 Å². The Kier molecular flexibility index (Phi) is 5.36. The van der Waals surface area contributed by atoms with Crippen LogP contribution in [0.2, 0.25) is 0 Å². The highest BCUT2D eigenvalue weighted by molar-refractivity contribution is 9.10. The van der Waals surface area contributed by atoms with Gasteiger partial charge in [0.2, 0.25) is 5.91 Å². The van der Waals surface area contributed by atoms with Crippen LogP contribution in [0.25, 0.3) is 0 Å². The molecule has 1 atom stereocenters. The average molecular weight is 326 g/mol. The smallest absolute Gasteiger partial charge is 0.238 e. The summed E-state index contributed by atoms with van der Waals surface area (Å²) in [4.78, 5) is 14.3. The van der Waals surface area contributed by atoms with Gasteiger partial charge in [0.25, 0.3) is 0 Å². The van der Waals surface area contributed by atoms with Gasteiger partial charge in [0, 0.05) is 22.7 Å². The van der Waals surface area contributed by atoms with Crippen molar-refractivity contribution in [3.8, 4) is 0 Å². The number of likely N-dealkylation sites (N-methyl/N-ethyl adjacent to an activating group) is 1. The van der Waals surface area contributed by atoms with Gasteiger partial charge in [0.05, 0.1) is 6.54 Å². The van der Waals surface area contributed by atoms with Crippen molar-refractivity contribution < 1.29 is 4.79 Å². The predicted octanol–water partition coefficient (Wildman–Crippen LogP) is 2.07. The molecular weight excluding hydrogens is 306 g/mol. The number of carbonyl (C=O) groups is 1. The average Bonchev–Trinajstić information content (AvgIpc) is 2.80. The van der Waals surface area contributed by atoms with Gasteiger partial charge in [-0.3, -0.25) is 9.69 Å². The van der Waals surface area contributed by atoms with E-state index in [2.05, 4.69) is 31.5 Å². The SMILES string of the molecule is CNCC1CCCN1CC(=O)Nc1ccc(Br)cc1. The second-order valence-electron chi connectivity index (χ2n) is 4.88. The fourth-order valence-corrected chi connectivity index (χ4v) is 2.75. The fourth-order valence-electron chi connectivity index (χ4n) is 2.49. The summed E-state index contributed by atoms with van der Waals surface area (Å²) in [5.74, 6) is 0.0605. The summed E-state index contributed by atoms with van der Waals surface area (Å²) in [7, 11) is 1.96. The van der Waals surface area contributed by atoms with Gasteiger partial charge in [-0.25, -0.2) is 0 Å². The van der Waals surface area contributed by atoms with Crippen molar-refractivity contribution in [1.29, 1.82) is 0 Å². The largest absolute Gasteiger partial charge is 0.325 e. The predicted molar refractivity (Wildman–Crippen MR) is 81.3 cm³/mol. The third-order valence-corrected chi connectivity index (χ3v) is 3.94. The molecule has 2 N–H and O–H groups in total. The number of likely N-dealkylation sites (tertiary alicyclic amines) is 1. The van der Waals surface area contributed by atoms with Crippen LogP contribution in [-0.2, 0) is 4.79 Å². The van der Waals surface area contributed by atoms with Gasteiger partial charge in [-0.05, 0) is 50.7 Å². The van der Waals surface area contributed by atoms with Crippen molar-refractivity contribution in [2.24, 2.45) is 0 Å². The van der Waals surface area contributed by atoms with E-state index in [9.17, 15) is 4.79 Å². The molecule has 1 aromatic rings. The van der Waals surface area contributed by atoms with E-state index in [1.165, 1.54) is 12.8 Å². The second-order valence-corrected chi connectivity index (χ2v) is 5.79. The molecule has 0 aliphatic carbocycles. The van der Waals surface area contributed by atoms with E-state index < -0.39 is 0 Å². The van der Waals surface area contributed by atoms with E-state index in [-0.39, 0.29) is 5.91 Å². The maximum atomic E-state index is 12.0. The minimum atomic E-state index is 0.0605. The molecule has 1 heterocycles. The first-order valence-corrected chi connectivity index (χ1v) is 7.42. The first-order chi connectivity index (χ1) is 9.19. The number of benzene rings is 1. The number of rotatable bonds is 5. The van der Waals surface area contributed by atoms with Gasteiger partial charge in [-0.2, -0.15) is 0 Å². The molecule has 1 amide bonds. The van der Waals surface area contributed by atoms with Gasteiger partial charge in [0.1, 0.15) is 0 Å². The molecule has 1 aliphatic heterocycles. The van der Waals surface area contributed by atoms with E-state index in [0.717, 1.165) is 23.2 Å². The molecule has 0 aromatic heterocycles. The van der Waals surface area contributed by atoms with E-state index in [1.807, 2.05) is 31.3 Å². The molecule has 5 heteroatoms. The van der Waals surface area contributed by atoms with E-state index in [1.54, 1.807) is 0 Å². The standard InChI is InChI=1S/C14H20BrN3O/c1-16-9-13-3-2-8-18(13)10-14(19)17-12-6-4-11(15)5-7-12/h4-7,13,16H,2-3,8-10H2,1H3,(H,17,19). The summed E-state index contributed by atoms with van der Waals surface area (Å²) < 4.78 is 1.01. The van der Waals surface area contributed by atoms with Crippen molar-refractivity contribution in [2.45, 2.75) is 18.9 Å². The summed E-state index contributed by atoms with van der Waals surface area (Å²) in [5.41, 5.74) is 0.845. The quantitative estimate of drug-likeness (QED) is 0.871. The molecule has 1 aliphatic rings. The lowest BCUT2D eigenvalue weighted by molar-refractivity contribution is -0.117. The van der Waals surface area contributed by atoms with Crippen LogP contribution in [0.5, 0.6) is 0 Å². The van der Waals surface area contributed by atoms with Crippen LogP contribution >= 0.6 is 15.9 Å². The van der Waals surface area contributed by atoms with Crippen LogP contribution in [0, 0.1) is 0 Å². The highest BCUT2D eigenvalue weighted by Gasteiger charge is 2.25. The van der Waals surface area contributed by atoms with E-state index >= 15 is 0 Å². The van der Waals surface area contributed by atoms with Crippen LogP contribution in [0.3, 0.4) is 0 Å². The number of nitrogens with one attached hydrogen (secondary N) is 2. The van der Waals surface area contributed by atoms with Gasteiger partial charge in [0.15, 0.2) is 0 Å². The zero-order chi connectivity index (χ0) is 13.7. The minimum absolute atomic E-state index is 0.0605. The zero-order valence-electron chi connectivity index (χ0n) is 11.2. The molecule has 1 saturated heterocycles. The van der Waals surface area contributed by atoms with Crippen LogP contribution in [-0.4, -0.2) is 43.5 Å². The topological polar surface area (TPSA) is 44.4 Å². The molecule has 1 fully saturated rings. The number of amides is 1. The molecule has 0 spiro atoms. The highest BCUT2D eigenvalue weighted by Crippen LogP contribution is 2.17.